The van der Waals surface area contributed by atoms with Crippen LogP contribution in [0.1, 0.15) is 29.7 Å². The standard InChI is InChI=1S/C14H13N5O/c1-19-8-10(7-16-19)13-17-14(20-18-13)12-5-11(12)9-3-2-4-15-6-9/h2-4,6-8,11-12H,5H2,1H3/t11-,12+/m0/s1. The van der Waals surface area contributed by atoms with Crippen LogP contribution in [0.25, 0.3) is 11.4 Å². The van der Waals surface area contributed by atoms with Gasteiger partial charge < -0.3 is 4.52 Å². The normalized spacial score (nSPS) is 21.1. The van der Waals surface area contributed by atoms with Gasteiger partial charge in [-0.15, -0.1) is 0 Å². The molecule has 1 aliphatic rings. The Balaban J connectivity index is 1.56. The minimum absolute atomic E-state index is 0.317. The van der Waals surface area contributed by atoms with Crippen LogP contribution in [0.15, 0.2) is 41.4 Å². The Kier molecular flexibility index (Phi) is 2.42. The lowest BCUT2D eigenvalue weighted by Gasteiger charge is -1.95. The van der Waals surface area contributed by atoms with E-state index in [-0.39, 0.29) is 0 Å². The third-order valence-corrected chi connectivity index (χ3v) is 3.63. The lowest BCUT2D eigenvalue weighted by molar-refractivity contribution is 0.378. The summed E-state index contributed by atoms with van der Waals surface area (Å²) in [5, 5.41) is 8.15. The molecule has 0 saturated heterocycles. The van der Waals surface area contributed by atoms with E-state index in [0.29, 0.717) is 23.6 Å². The molecule has 3 aromatic heterocycles. The highest BCUT2D eigenvalue weighted by Gasteiger charge is 2.43. The van der Waals surface area contributed by atoms with Gasteiger partial charge in [0.15, 0.2) is 0 Å². The fourth-order valence-electron chi connectivity index (χ4n) is 2.47. The maximum absolute atomic E-state index is 5.39. The number of aryl methyl sites for hydroxylation is 1. The second-order valence-electron chi connectivity index (χ2n) is 5.09. The molecule has 1 fully saturated rings. The van der Waals surface area contributed by atoms with Gasteiger partial charge in [0.2, 0.25) is 11.7 Å². The number of aromatic nitrogens is 5. The van der Waals surface area contributed by atoms with Crippen LogP contribution in [0.4, 0.5) is 0 Å². The highest BCUT2D eigenvalue weighted by molar-refractivity contribution is 5.51. The molecule has 100 valence electrons. The second-order valence-corrected chi connectivity index (χ2v) is 5.09. The van der Waals surface area contributed by atoms with Gasteiger partial charge in [0.25, 0.3) is 0 Å². The molecule has 20 heavy (non-hydrogen) atoms. The van der Waals surface area contributed by atoms with Crippen molar-refractivity contribution in [2.75, 3.05) is 0 Å². The highest BCUT2D eigenvalue weighted by Crippen LogP contribution is 2.53. The molecule has 1 aliphatic carbocycles. The van der Waals surface area contributed by atoms with Crippen LogP contribution >= 0.6 is 0 Å². The van der Waals surface area contributed by atoms with E-state index >= 15 is 0 Å². The molecule has 0 unspecified atom stereocenters. The number of nitrogens with zero attached hydrogens (tertiary/aromatic N) is 5. The van der Waals surface area contributed by atoms with Crippen LogP contribution < -0.4 is 0 Å². The Labute approximate surface area is 115 Å². The molecule has 2 atom stereocenters. The van der Waals surface area contributed by atoms with Gasteiger partial charge >= 0.3 is 0 Å². The zero-order valence-electron chi connectivity index (χ0n) is 11.0. The summed E-state index contributed by atoms with van der Waals surface area (Å²) in [4.78, 5) is 8.63. The zero-order chi connectivity index (χ0) is 13.5. The van der Waals surface area contributed by atoms with Crippen LogP contribution in [0.2, 0.25) is 0 Å². The van der Waals surface area contributed by atoms with Gasteiger partial charge in [0, 0.05) is 31.6 Å². The Morgan fingerprint density at radius 1 is 1.30 bits per heavy atom. The van der Waals surface area contributed by atoms with Crippen LogP contribution in [-0.4, -0.2) is 24.9 Å². The predicted octanol–water partition coefficient (Wildman–Crippen LogP) is 2.14. The molecule has 0 radical (unpaired) electrons. The summed E-state index contributed by atoms with van der Waals surface area (Å²) in [7, 11) is 1.86. The molecule has 0 amide bonds. The summed E-state index contributed by atoms with van der Waals surface area (Å²) >= 11 is 0. The first-order valence-electron chi connectivity index (χ1n) is 6.54. The Morgan fingerprint density at radius 2 is 2.25 bits per heavy atom. The summed E-state index contributed by atoms with van der Waals surface area (Å²) in [6.45, 7) is 0. The smallest absolute Gasteiger partial charge is 0.230 e. The van der Waals surface area contributed by atoms with Gasteiger partial charge in [-0.05, 0) is 24.0 Å². The van der Waals surface area contributed by atoms with Gasteiger partial charge in [-0.3, -0.25) is 9.67 Å². The minimum Gasteiger partial charge on any atom is -0.339 e. The van der Waals surface area contributed by atoms with Gasteiger partial charge in [-0.2, -0.15) is 10.1 Å². The summed E-state index contributed by atoms with van der Waals surface area (Å²) < 4.78 is 7.11. The Hall–Kier alpha value is -2.50. The quantitative estimate of drug-likeness (QED) is 0.727. The van der Waals surface area contributed by atoms with Crippen LogP contribution in [0.5, 0.6) is 0 Å². The topological polar surface area (TPSA) is 69.6 Å². The van der Waals surface area contributed by atoms with E-state index in [1.165, 1.54) is 5.56 Å². The maximum Gasteiger partial charge on any atom is 0.230 e. The lowest BCUT2D eigenvalue weighted by atomic mass is 10.1. The van der Waals surface area contributed by atoms with Crippen molar-refractivity contribution < 1.29 is 4.52 Å². The van der Waals surface area contributed by atoms with Crippen molar-refractivity contribution in [2.45, 2.75) is 18.3 Å². The fourth-order valence-corrected chi connectivity index (χ4v) is 2.47. The number of hydrogen-bond acceptors (Lipinski definition) is 5. The first kappa shape index (κ1) is 11.3. The largest absolute Gasteiger partial charge is 0.339 e. The molecule has 0 bridgehead atoms. The second kappa shape index (κ2) is 4.26. The lowest BCUT2D eigenvalue weighted by Crippen LogP contribution is -1.86. The van der Waals surface area contributed by atoms with E-state index in [1.807, 2.05) is 25.5 Å². The average molecular weight is 267 g/mol. The van der Waals surface area contributed by atoms with E-state index in [4.69, 9.17) is 4.52 Å². The SMILES string of the molecule is Cn1cc(-c2noc([C@@H]3C[C@H]3c3cccnc3)n2)cn1. The molecular weight excluding hydrogens is 254 g/mol. The molecule has 0 spiro atoms. The van der Waals surface area contributed by atoms with Crippen molar-refractivity contribution in [2.24, 2.45) is 7.05 Å². The monoisotopic (exact) mass is 267 g/mol. The van der Waals surface area contributed by atoms with Crippen LogP contribution in [0, 0.1) is 0 Å². The highest BCUT2D eigenvalue weighted by atomic mass is 16.5. The van der Waals surface area contributed by atoms with Crippen molar-refractivity contribution in [3.63, 3.8) is 0 Å². The van der Waals surface area contributed by atoms with Crippen molar-refractivity contribution in [1.29, 1.82) is 0 Å². The van der Waals surface area contributed by atoms with E-state index < -0.39 is 0 Å². The van der Waals surface area contributed by atoms with E-state index in [9.17, 15) is 0 Å². The van der Waals surface area contributed by atoms with E-state index in [1.54, 1.807) is 17.1 Å². The van der Waals surface area contributed by atoms with Crippen molar-refractivity contribution in [3.8, 4) is 11.4 Å². The Morgan fingerprint density at radius 3 is 3.00 bits per heavy atom. The van der Waals surface area contributed by atoms with Gasteiger partial charge in [-0.1, -0.05) is 11.2 Å². The fraction of sp³-hybridized carbons (Fsp3) is 0.286. The maximum atomic E-state index is 5.39. The average Bonchev–Trinajstić information content (AvgIpc) is 2.91. The summed E-state index contributed by atoms with van der Waals surface area (Å²) in [6, 6.07) is 4.05. The molecule has 6 heteroatoms. The summed E-state index contributed by atoms with van der Waals surface area (Å²) in [5.41, 5.74) is 2.11. The predicted molar refractivity (Wildman–Crippen MR) is 70.8 cm³/mol. The molecule has 6 nitrogen and oxygen atoms in total. The van der Waals surface area contributed by atoms with E-state index in [0.717, 1.165) is 12.0 Å². The zero-order valence-corrected chi connectivity index (χ0v) is 11.0. The molecule has 3 aromatic rings. The van der Waals surface area contributed by atoms with Crippen molar-refractivity contribution in [3.05, 3.63) is 48.4 Å². The van der Waals surface area contributed by atoms with Crippen LogP contribution in [0.3, 0.4) is 0 Å². The number of hydrogen-bond donors (Lipinski definition) is 0. The van der Waals surface area contributed by atoms with Gasteiger partial charge in [-0.25, -0.2) is 0 Å². The third-order valence-electron chi connectivity index (χ3n) is 3.63. The van der Waals surface area contributed by atoms with Crippen LogP contribution in [-0.2, 0) is 7.05 Å². The molecular formula is C14H13N5O. The van der Waals surface area contributed by atoms with E-state index in [2.05, 4.69) is 26.3 Å². The molecule has 3 heterocycles. The Bertz CT molecular complexity index is 733. The molecule has 4 rings (SSSR count). The molecule has 1 saturated carbocycles. The van der Waals surface area contributed by atoms with Crippen molar-refractivity contribution >= 4 is 0 Å². The third kappa shape index (κ3) is 1.89. The first-order chi connectivity index (χ1) is 9.81. The first-order valence-corrected chi connectivity index (χ1v) is 6.54. The van der Waals surface area contributed by atoms with Gasteiger partial charge in [0.1, 0.15) is 0 Å². The number of pyridine rings is 1. The van der Waals surface area contributed by atoms with Gasteiger partial charge in [0.05, 0.1) is 11.8 Å². The number of rotatable bonds is 3. The summed E-state index contributed by atoms with van der Waals surface area (Å²) in [6.07, 6.45) is 8.35. The summed E-state index contributed by atoms with van der Waals surface area (Å²) in [5.74, 6) is 2.07. The molecule has 0 aromatic carbocycles. The molecule has 0 N–H and O–H groups in total. The minimum atomic E-state index is 0.317. The molecule has 0 aliphatic heterocycles. The van der Waals surface area contributed by atoms with Crippen molar-refractivity contribution in [1.82, 2.24) is 24.9 Å².